The number of carbonyl (C=O) groups excluding carboxylic acids is 3. The summed E-state index contributed by atoms with van der Waals surface area (Å²) in [5, 5.41) is 5.34. The molecule has 0 radical (unpaired) electrons. The van der Waals surface area contributed by atoms with Crippen molar-refractivity contribution >= 4 is 68.4 Å². The van der Waals surface area contributed by atoms with Gasteiger partial charge in [0.15, 0.2) is 23.2 Å². The molecule has 2 N–H and O–H groups in total. The van der Waals surface area contributed by atoms with Gasteiger partial charge in [-0.25, -0.2) is 0 Å². The summed E-state index contributed by atoms with van der Waals surface area (Å²) in [7, 11) is 1.45. The number of hydrogen-bond acceptors (Lipinski definition) is 6. The topological polar surface area (TPSA) is 97.0 Å². The second-order valence-corrected chi connectivity index (χ2v) is 9.27. The first-order chi connectivity index (χ1) is 17.8. The zero-order valence-corrected chi connectivity index (χ0v) is 22.3. The van der Waals surface area contributed by atoms with Crippen LogP contribution in [0.1, 0.15) is 11.1 Å². The largest absolute Gasteiger partial charge is 0.493 e. The van der Waals surface area contributed by atoms with Gasteiger partial charge in [-0.05, 0) is 88.7 Å². The lowest BCUT2D eigenvalue weighted by Gasteiger charge is -2.28. The van der Waals surface area contributed by atoms with Crippen LogP contribution in [0.15, 0.2) is 76.8 Å². The Morgan fingerprint density at radius 3 is 2.57 bits per heavy atom. The van der Waals surface area contributed by atoms with Gasteiger partial charge in [-0.15, -0.1) is 0 Å². The maximum atomic E-state index is 13.2. The molecule has 37 heavy (non-hydrogen) atoms. The van der Waals surface area contributed by atoms with Crippen molar-refractivity contribution in [3.8, 4) is 11.5 Å². The Bertz CT molecular complexity index is 1420. The fraction of sp³-hybridized carbons (Fsp3) is 0.111. The van der Waals surface area contributed by atoms with Gasteiger partial charge >= 0.3 is 0 Å². The highest BCUT2D eigenvalue weighted by atomic mass is 79.9. The van der Waals surface area contributed by atoms with Crippen molar-refractivity contribution < 1.29 is 23.9 Å². The van der Waals surface area contributed by atoms with Crippen LogP contribution in [0.2, 0.25) is 0 Å². The number of thiocarbonyl (C=S) groups is 1. The molecule has 10 heteroatoms. The number of halogens is 1. The quantitative estimate of drug-likeness (QED) is 0.241. The SMILES string of the molecule is COc1cc(/C=C2/C(=O)NC(=S)N(c3ccccc3)C2=O)cc(Br)c1OCC(=O)Nc1cccc(C)c1. The van der Waals surface area contributed by atoms with Crippen molar-refractivity contribution in [2.75, 3.05) is 23.9 Å². The second kappa shape index (κ2) is 11.4. The van der Waals surface area contributed by atoms with E-state index in [9.17, 15) is 14.4 Å². The summed E-state index contributed by atoms with van der Waals surface area (Å²) in [4.78, 5) is 39.5. The first kappa shape index (κ1) is 26.1. The summed E-state index contributed by atoms with van der Waals surface area (Å²) < 4.78 is 11.6. The third-order valence-electron chi connectivity index (χ3n) is 5.33. The number of ether oxygens (including phenoxy) is 2. The van der Waals surface area contributed by atoms with Crippen molar-refractivity contribution in [1.82, 2.24) is 5.32 Å². The van der Waals surface area contributed by atoms with Crippen LogP contribution in [0.25, 0.3) is 6.08 Å². The second-order valence-electron chi connectivity index (χ2n) is 8.03. The van der Waals surface area contributed by atoms with Crippen molar-refractivity contribution in [2.45, 2.75) is 6.92 Å². The number of carbonyl (C=O) groups is 3. The van der Waals surface area contributed by atoms with E-state index in [0.717, 1.165) is 5.56 Å². The Labute approximate surface area is 227 Å². The van der Waals surface area contributed by atoms with Crippen molar-refractivity contribution in [1.29, 1.82) is 0 Å². The average molecular weight is 580 g/mol. The molecule has 3 aromatic carbocycles. The van der Waals surface area contributed by atoms with E-state index in [1.165, 1.54) is 18.1 Å². The third-order valence-corrected chi connectivity index (χ3v) is 6.20. The lowest BCUT2D eigenvalue weighted by atomic mass is 10.1. The molecule has 0 bridgehead atoms. The van der Waals surface area contributed by atoms with Gasteiger partial charge in [0.2, 0.25) is 0 Å². The predicted molar refractivity (Wildman–Crippen MR) is 149 cm³/mol. The highest BCUT2D eigenvalue weighted by Crippen LogP contribution is 2.37. The van der Waals surface area contributed by atoms with E-state index in [1.807, 2.05) is 31.2 Å². The van der Waals surface area contributed by atoms with E-state index in [2.05, 4.69) is 26.6 Å². The molecule has 1 aliphatic heterocycles. The number of para-hydroxylation sites is 1. The van der Waals surface area contributed by atoms with Gasteiger partial charge in [0.1, 0.15) is 5.57 Å². The van der Waals surface area contributed by atoms with Gasteiger partial charge < -0.3 is 14.8 Å². The standard InChI is InChI=1S/C27H22BrN3O5S/c1-16-7-6-8-18(11-16)29-23(32)15-36-24-21(28)13-17(14-22(24)35-2)12-20-25(33)30-27(37)31(26(20)34)19-9-4-3-5-10-19/h3-14H,15H2,1-2H3,(H,29,32)(H,30,33,37)/b20-12-. The molecule has 1 heterocycles. The number of anilines is 2. The van der Waals surface area contributed by atoms with Gasteiger partial charge in [-0.1, -0.05) is 30.3 Å². The number of amides is 3. The van der Waals surface area contributed by atoms with Crippen molar-refractivity contribution in [3.63, 3.8) is 0 Å². The number of nitrogens with zero attached hydrogens (tertiary/aromatic N) is 1. The fourth-order valence-corrected chi connectivity index (χ4v) is 4.51. The summed E-state index contributed by atoms with van der Waals surface area (Å²) in [6, 6.07) is 19.5. The summed E-state index contributed by atoms with van der Waals surface area (Å²) >= 11 is 8.66. The molecule has 0 spiro atoms. The van der Waals surface area contributed by atoms with E-state index < -0.39 is 11.8 Å². The average Bonchev–Trinajstić information content (AvgIpc) is 2.86. The van der Waals surface area contributed by atoms with E-state index in [0.29, 0.717) is 32.9 Å². The van der Waals surface area contributed by atoms with Crippen LogP contribution >= 0.6 is 28.1 Å². The van der Waals surface area contributed by atoms with Crippen LogP contribution in [0.4, 0.5) is 11.4 Å². The van der Waals surface area contributed by atoms with Crippen LogP contribution in [-0.4, -0.2) is 36.6 Å². The molecule has 1 saturated heterocycles. The van der Waals surface area contributed by atoms with Gasteiger partial charge in [0.05, 0.1) is 17.3 Å². The normalized spacial score (nSPS) is 14.4. The summed E-state index contributed by atoms with van der Waals surface area (Å²) in [6.07, 6.45) is 1.44. The number of nitrogens with one attached hydrogen (secondary N) is 2. The van der Waals surface area contributed by atoms with Crippen LogP contribution < -0.4 is 25.0 Å². The van der Waals surface area contributed by atoms with Crippen LogP contribution in [-0.2, 0) is 14.4 Å². The molecule has 3 amide bonds. The molecular formula is C27H22BrN3O5S. The smallest absolute Gasteiger partial charge is 0.270 e. The number of benzene rings is 3. The zero-order chi connectivity index (χ0) is 26.5. The van der Waals surface area contributed by atoms with Gasteiger partial charge in [0, 0.05) is 5.69 Å². The van der Waals surface area contributed by atoms with Crippen LogP contribution in [0, 0.1) is 6.92 Å². The first-order valence-electron chi connectivity index (χ1n) is 11.1. The first-order valence-corrected chi connectivity index (χ1v) is 12.3. The summed E-state index contributed by atoms with van der Waals surface area (Å²) in [5.74, 6) is -0.889. The monoisotopic (exact) mass is 579 g/mol. The maximum Gasteiger partial charge on any atom is 0.270 e. The lowest BCUT2D eigenvalue weighted by Crippen LogP contribution is -2.54. The van der Waals surface area contributed by atoms with Gasteiger partial charge in [0.25, 0.3) is 17.7 Å². The van der Waals surface area contributed by atoms with E-state index in [4.69, 9.17) is 21.7 Å². The summed E-state index contributed by atoms with van der Waals surface area (Å²) in [6.45, 7) is 1.68. The zero-order valence-electron chi connectivity index (χ0n) is 19.9. The highest BCUT2D eigenvalue weighted by molar-refractivity contribution is 9.10. The fourth-order valence-electron chi connectivity index (χ4n) is 3.66. The van der Waals surface area contributed by atoms with Gasteiger partial charge in [-0.3, -0.25) is 24.6 Å². The highest BCUT2D eigenvalue weighted by Gasteiger charge is 2.34. The molecule has 0 saturated carbocycles. The molecule has 3 aromatic rings. The number of rotatable bonds is 7. The Morgan fingerprint density at radius 2 is 1.86 bits per heavy atom. The molecule has 0 aromatic heterocycles. The molecule has 0 unspecified atom stereocenters. The van der Waals surface area contributed by atoms with Crippen molar-refractivity contribution in [3.05, 3.63) is 87.9 Å². The lowest BCUT2D eigenvalue weighted by molar-refractivity contribution is -0.122. The van der Waals surface area contributed by atoms with Crippen LogP contribution in [0.5, 0.6) is 11.5 Å². The molecule has 1 fully saturated rings. The van der Waals surface area contributed by atoms with Crippen LogP contribution in [0.3, 0.4) is 0 Å². The molecule has 188 valence electrons. The maximum absolute atomic E-state index is 13.2. The molecule has 1 aliphatic rings. The van der Waals surface area contributed by atoms with E-state index in [-0.39, 0.29) is 23.2 Å². The minimum atomic E-state index is -0.606. The summed E-state index contributed by atoms with van der Waals surface area (Å²) in [5.41, 5.74) is 2.62. The van der Waals surface area contributed by atoms with E-state index >= 15 is 0 Å². The van der Waals surface area contributed by atoms with Crippen molar-refractivity contribution in [2.24, 2.45) is 0 Å². The molecule has 8 nitrogen and oxygen atoms in total. The molecular weight excluding hydrogens is 558 g/mol. The number of aryl methyl sites for hydroxylation is 1. The minimum Gasteiger partial charge on any atom is -0.493 e. The molecule has 0 atom stereocenters. The number of methoxy groups -OCH3 is 1. The Balaban J connectivity index is 1.55. The molecule has 0 aliphatic carbocycles. The Kier molecular flexibility index (Phi) is 8.00. The Morgan fingerprint density at radius 1 is 1.11 bits per heavy atom. The van der Waals surface area contributed by atoms with Gasteiger partial charge in [-0.2, -0.15) is 0 Å². The predicted octanol–water partition coefficient (Wildman–Crippen LogP) is 4.61. The number of hydrogen-bond donors (Lipinski definition) is 2. The van der Waals surface area contributed by atoms with E-state index in [1.54, 1.807) is 42.5 Å². The molecule has 4 rings (SSSR count). The minimum absolute atomic E-state index is 0.00444. The third kappa shape index (κ3) is 6.04. The Hall–Kier alpha value is -4.02.